The Bertz CT molecular complexity index is 504. The van der Waals surface area contributed by atoms with Crippen LogP contribution in [0.1, 0.15) is 38.3 Å². The molecule has 0 saturated carbocycles. The first-order chi connectivity index (χ1) is 9.40. The predicted octanol–water partition coefficient (Wildman–Crippen LogP) is 1.94. The summed E-state index contributed by atoms with van der Waals surface area (Å²) in [6.07, 6.45) is 1.70. The van der Waals surface area contributed by atoms with E-state index in [2.05, 4.69) is 11.8 Å². The van der Waals surface area contributed by atoms with E-state index in [1.54, 1.807) is 6.07 Å². The molecule has 1 aromatic carbocycles. The van der Waals surface area contributed by atoms with Crippen molar-refractivity contribution in [3.05, 3.63) is 29.6 Å². The first-order valence-electron chi connectivity index (χ1n) is 7.01. The fourth-order valence-corrected chi connectivity index (χ4v) is 2.83. The van der Waals surface area contributed by atoms with Crippen molar-refractivity contribution in [1.29, 1.82) is 0 Å². The Morgan fingerprint density at radius 1 is 1.45 bits per heavy atom. The van der Waals surface area contributed by atoms with E-state index in [1.165, 1.54) is 12.1 Å². The Hall–Kier alpha value is -1.62. The number of amides is 1. The van der Waals surface area contributed by atoms with E-state index < -0.39 is 0 Å². The summed E-state index contributed by atoms with van der Waals surface area (Å²) in [5.41, 5.74) is 13.0. The third-order valence-corrected chi connectivity index (χ3v) is 4.07. The summed E-state index contributed by atoms with van der Waals surface area (Å²) >= 11 is 0. The van der Waals surface area contributed by atoms with Crippen molar-refractivity contribution in [3.8, 4) is 0 Å². The molecule has 1 heterocycles. The highest BCUT2D eigenvalue weighted by Crippen LogP contribution is 2.32. The van der Waals surface area contributed by atoms with Gasteiger partial charge in [-0.25, -0.2) is 4.39 Å². The van der Waals surface area contributed by atoms with Crippen molar-refractivity contribution in [3.63, 3.8) is 0 Å². The summed E-state index contributed by atoms with van der Waals surface area (Å²) in [6.45, 7) is 4.51. The van der Waals surface area contributed by atoms with E-state index in [0.717, 1.165) is 24.1 Å². The normalized spacial score (nSPS) is 24.5. The van der Waals surface area contributed by atoms with Crippen LogP contribution < -0.4 is 16.4 Å². The van der Waals surface area contributed by atoms with Crippen LogP contribution in [0.2, 0.25) is 0 Å². The maximum Gasteiger partial charge on any atom is 0.222 e. The number of carbonyl (C=O) groups excluding carboxylic acids is 1. The van der Waals surface area contributed by atoms with Gasteiger partial charge in [0.25, 0.3) is 0 Å². The number of nitrogens with zero attached hydrogens (tertiary/aromatic N) is 1. The second-order valence-electron chi connectivity index (χ2n) is 5.67. The lowest BCUT2D eigenvalue weighted by Crippen LogP contribution is -2.46. The van der Waals surface area contributed by atoms with E-state index >= 15 is 0 Å². The number of anilines is 1. The summed E-state index contributed by atoms with van der Waals surface area (Å²) < 4.78 is 13.4. The Morgan fingerprint density at radius 3 is 2.75 bits per heavy atom. The number of primary amides is 1. The zero-order chi connectivity index (χ0) is 14.9. The molecule has 3 atom stereocenters. The molecule has 2 rings (SSSR count). The van der Waals surface area contributed by atoms with Gasteiger partial charge in [0.1, 0.15) is 5.82 Å². The van der Waals surface area contributed by atoms with Crippen LogP contribution in [-0.4, -0.2) is 18.5 Å². The molecule has 0 aliphatic carbocycles. The van der Waals surface area contributed by atoms with E-state index in [-0.39, 0.29) is 29.7 Å². The van der Waals surface area contributed by atoms with Crippen LogP contribution in [-0.2, 0) is 4.79 Å². The Labute approximate surface area is 118 Å². The maximum atomic E-state index is 13.4. The number of halogens is 1. The molecule has 4 nitrogen and oxygen atoms in total. The molecule has 1 saturated heterocycles. The minimum absolute atomic E-state index is 0.155. The van der Waals surface area contributed by atoms with Gasteiger partial charge in [-0.05, 0) is 50.5 Å². The van der Waals surface area contributed by atoms with Gasteiger partial charge in [-0.15, -0.1) is 0 Å². The van der Waals surface area contributed by atoms with Crippen molar-refractivity contribution < 1.29 is 9.18 Å². The van der Waals surface area contributed by atoms with Gasteiger partial charge in [-0.1, -0.05) is 0 Å². The number of hydrogen-bond acceptors (Lipinski definition) is 3. The Balaban J connectivity index is 2.35. The van der Waals surface area contributed by atoms with Crippen LogP contribution in [0.3, 0.4) is 0 Å². The summed E-state index contributed by atoms with van der Waals surface area (Å²) in [5.74, 6) is -0.722. The SMILES string of the molecule is CC1CCC(C(N)=O)CN1c1ccc(F)cc1[C@H](C)N. The molecular formula is C15H22FN3O. The topological polar surface area (TPSA) is 72.4 Å². The molecule has 1 fully saturated rings. The van der Waals surface area contributed by atoms with Gasteiger partial charge in [-0.3, -0.25) is 4.79 Å². The number of rotatable bonds is 3. The van der Waals surface area contributed by atoms with Crippen LogP contribution in [0.25, 0.3) is 0 Å². The van der Waals surface area contributed by atoms with Crippen molar-refractivity contribution in [2.75, 3.05) is 11.4 Å². The number of benzene rings is 1. The quantitative estimate of drug-likeness (QED) is 0.888. The Morgan fingerprint density at radius 2 is 2.15 bits per heavy atom. The molecule has 0 radical (unpaired) electrons. The van der Waals surface area contributed by atoms with Gasteiger partial charge in [0.2, 0.25) is 5.91 Å². The van der Waals surface area contributed by atoms with Gasteiger partial charge in [0.15, 0.2) is 0 Å². The molecule has 1 aliphatic heterocycles. The molecule has 5 heteroatoms. The van der Waals surface area contributed by atoms with Crippen LogP contribution >= 0.6 is 0 Å². The number of carbonyl (C=O) groups is 1. The lowest BCUT2D eigenvalue weighted by atomic mass is 9.91. The molecule has 4 N–H and O–H groups in total. The van der Waals surface area contributed by atoms with E-state index in [9.17, 15) is 9.18 Å². The van der Waals surface area contributed by atoms with Crippen molar-refractivity contribution in [1.82, 2.24) is 0 Å². The molecule has 1 amide bonds. The summed E-state index contributed by atoms with van der Waals surface area (Å²) in [7, 11) is 0. The largest absolute Gasteiger partial charge is 0.369 e. The fraction of sp³-hybridized carbons (Fsp3) is 0.533. The van der Waals surface area contributed by atoms with E-state index in [0.29, 0.717) is 6.54 Å². The monoisotopic (exact) mass is 279 g/mol. The molecule has 110 valence electrons. The van der Waals surface area contributed by atoms with Crippen LogP contribution in [0.4, 0.5) is 10.1 Å². The van der Waals surface area contributed by atoms with Crippen LogP contribution in [0, 0.1) is 11.7 Å². The standard InChI is InChI=1S/C15H22FN3O/c1-9-3-4-11(15(18)20)8-19(9)14-6-5-12(16)7-13(14)10(2)17/h5-7,9-11H,3-4,8,17H2,1-2H3,(H2,18,20)/t9?,10-,11?/m0/s1. The van der Waals surface area contributed by atoms with Gasteiger partial charge >= 0.3 is 0 Å². The lowest BCUT2D eigenvalue weighted by molar-refractivity contribution is -0.122. The van der Waals surface area contributed by atoms with E-state index in [1.807, 2.05) is 6.92 Å². The maximum absolute atomic E-state index is 13.4. The predicted molar refractivity (Wildman–Crippen MR) is 77.7 cm³/mol. The van der Waals surface area contributed by atoms with Gasteiger partial charge in [0.05, 0.1) is 5.92 Å². The number of hydrogen-bond donors (Lipinski definition) is 2. The third kappa shape index (κ3) is 2.93. The molecule has 1 aromatic rings. The Kier molecular flexibility index (Phi) is 4.28. The van der Waals surface area contributed by atoms with Crippen LogP contribution in [0.15, 0.2) is 18.2 Å². The van der Waals surface area contributed by atoms with Gasteiger partial charge in [-0.2, -0.15) is 0 Å². The number of piperidine rings is 1. The third-order valence-electron chi connectivity index (χ3n) is 4.07. The molecular weight excluding hydrogens is 257 g/mol. The molecule has 1 aliphatic rings. The average Bonchev–Trinajstić information content (AvgIpc) is 2.39. The number of nitrogens with two attached hydrogens (primary N) is 2. The average molecular weight is 279 g/mol. The van der Waals surface area contributed by atoms with Crippen molar-refractivity contribution in [2.45, 2.75) is 38.8 Å². The lowest BCUT2D eigenvalue weighted by Gasteiger charge is -2.40. The molecule has 0 bridgehead atoms. The molecule has 20 heavy (non-hydrogen) atoms. The zero-order valence-corrected chi connectivity index (χ0v) is 12.0. The molecule has 0 aromatic heterocycles. The van der Waals surface area contributed by atoms with Crippen molar-refractivity contribution >= 4 is 11.6 Å². The fourth-order valence-electron chi connectivity index (χ4n) is 2.83. The highest BCUT2D eigenvalue weighted by molar-refractivity contribution is 5.78. The summed E-state index contributed by atoms with van der Waals surface area (Å²) in [6, 6.07) is 4.67. The highest BCUT2D eigenvalue weighted by Gasteiger charge is 2.30. The van der Waals surface area contributed by atoms with Crippen LogP contribution in [0.5, 0.6) is 0 Å². The van der Waals surface area contributed by atoms with Crippen molar-refractivity contribution in [2.24, 2.45) is 17.4 Å². The summed E-state index contributed by atoms with van der Waals surface area (Å²) in [4.78, 5) is 13.5. The second-order valence-corrected chi connectivity index (χ2v) is 5.67. The first kappa shape index (κ1) is 14.8. The zero-order valence-electron chi connectivity index (χ0n) is 12.0. The smallest absolute Gasteiger partial charge is 0.222 e. The van der Waals surface area contributed by atoms with Gasteiger partial charge in [0, 0.05) is 24.3 Å². The highest BCUT2D eigenvalue weighted by atomic mass is 19.1. The first-order valence-corrected chi connectivity index (χ1v) is 7.01. The van der Waals surface area contributed by atoms with Gasteiger partial charge < -0.3 is 16.4 Å². The minimum Gasteiger partial charge on any atom is -0.369 e. The minimum atomic E-state index is -0.294. The molecule has 2 unspecified atom stereocenters. The summed E-state index contributed by atoms with van der Waals surface area (Å²) in [5, 5.41) is 0. The second kappa shape index (κ2) is 5.79. The van der Waals surface area contributed by atoms with E-state index in [4.69, 9.17) is 11.5 Å². The molecule has 0 spiro atoms.